The van der Waals surface area contributed by atoms with Gasteiger partial charge in [0.2, 0.25) is 5.91 Å². The fraction of sp³-hybridized carbons (Fsp3) is 0.933. The van der Waals surface area contributed by atoms with Gasteiger partial charge in [-0.15, -0.1) is 0 Å². The number of rotatable bonds is 7. The normalized spacial score (nSPS) is 25.7. The first-order valence-corrected chi connectivity index (χ1v) is 7.68. The van der Waals surface area contributed by atoms with Crippen LogP contribution in [0.4, 0.5) is 0 Å². The van der Waals surface area contributed by atoms with Crippen molar-refractivity contribution in [2.24, 2.45) is 11.8 Å². The highest BCUT2D eigenvalue weighted by Crippen LogP contribution is 2.15. The van der Waals surface area contributed by atoms with E-state index in [4.69, 9.17) is 0 Å². The molecule has 3 nitrogen and oxygen atoms in total. The van der Waals surface area contributed by atoms with E-state index >= 15 is 0 Å². The Morgan fingerprint density at radius 3 is 2.72 bits per heavy atom. The molecule has 1 amide bonds. The molecule has 1 heterocycles. The molecule has 0 saturated carbocycles. The molecule has 0 aromatic heterocycles. The Balaban J connectivity index is 2.22. The van der Waals surface area contributed by atoms with Crippen molar-refractivity contribution in [2.45, 2.75) is 65.3 Å². The first kappa shape index (κ1) is 15.5. The van der Waals surface area contributed by atoms with E-state index in [0.717, 1.165) is 25.9 Å². The number of hydrogen-bond acceptors (Lipinski definition) is 2. The molecule has 106 valence electrons. The van der Waals surface area contributed by atoms with Crippen LogP contribution in [-0.4, -0.2) is 25.0 Å². The number of carbonyl (C=O) groups excluding carboxylic acids is 1. The van der Waals surface area contributed by atoms with Crippen molar-refractivity contribution in [3.63, 3.8) is 0 Å². The van der Waals surface area contributed by atoms with Gasteiger partial charge in [0, 0.05) is 19.1 Å². The van der Waals surface area contributed by atoms with Crippen LogP contribution in [0.25, 0.3) is 0 Å². The van der Waals surface area contributed by atoms with Gasteiger partial charge in [0.05, 0.1) is 5.92 Å². The summed E-state index contributed by atoms with van der Waals surface area (Å²) in [5.74, 6) is 1.10. The van der Waals surface area contributed by atoms with Crippen molar-refractivity contribution in [2.75, 3.05) is 13.1 Å². The molecule has 1 aliphatic heterocycles. The second kappa shape index (κ2) is 8.52. The van der Waals surface area contributed by atoms with Gasteiger partial charge in [0.15, 0.2) is 0 Å². The third kappa shape index (κ3) is 5.38. The number of piperidine rings is 1. The maximum Gasteiger partial charge on any atom is 0.224 e. The van der Waals surface area contributed by atoms with E-state index in [2.05, 4.69) is 31.4 Å². The van der Waals surface area contributed by atoms with Gasteiger partial charge in [-0.1, -0.05) is 33.1 Å². The molecule has 0 spiro atoms. The Morgan fingerprint density at radius 1 is 1.39 bits per heavy atom. The summed E-state index contributed by atoms with van der Waals surface area (Å²) in [6.07, 6.45) is 7.08. The number of amides is 1. The molecule has 0 aliphatic carbocycles. The minimum atomic E-state index is 0.185. The van der Waals surface area contributed by atoms with Gasteiger partial charge in [0.25, 0.3) is 0 Å². The van der Waals surface area contributed by atoms with Crippen LogP contribution in [0.2, 0.25) is 0 Å². The quantitative estimate of drug-likeness (QED) is 0.733. The number of carbonyl (C=O) groups is 1. The Hall–Kier alpha value is -0.570. The molecule has 18 heavy (non-hydrogen) atoms. The van der Waals surface area contributed by atoms with Crippen molar-refractivity contribution < 1.29 is 4.79 Å². The SMILES string of the molecule is CCCCC(CC)CNC(=O)C1CCC(C)NC1. The van der Waals surface area contributed by atoms with Crippen molar-refractivity contribution in [1.82, 2.24) is 10.6 Å². The Bertz CT molecular complexity index is 235. The average Bonchev–Trinajstić information content (AvgIpc) is 2.39. The van der Waals surface area contributed by atoms with Crippen LogP contribution in [-0.2, 0) is 4.79 Å². The highest BCUT2D eigenvalue weighted by Gasteiger charge is 2.23. The maximum atomic E-state index is 12.0. The van der Waals surface area contributed by atoms with Crippen molar-refractivity contribution in [1.29, 1.82) is 0 Å². The largest absolute Gasteiger partial charge is 0.356 e. The third-order valence-corrected chi connectivity index (χ3v) is 4.14. The topological polar surface area (TPSA) is 41.1 Å². The maximum absolute atomic E-state index is 12.0. The molecule has 1 saturated heterocycles. The van der Waals surface area contributed by atoms with Gasteiger partial charge in [-0.05, 0) is 32.1 Å². The summed E-state index contributed by atoms with van der Waals surface area (Å²) < 4.78 is 0. The monoisotopic (exact) mass is 254 g/mol. The predicted octanol–water partition coefficient (Wildman–Crippen LogP) is 2.71. The van der Waals surface area contributed by atoms with E-state index in [0.29, 0.717) is 12.0 Å². The summed E-state index contributed by atoms with van der Waals surface area (Å²) in [4.78, 5) is 12.0. The molecule has 3 atom stereocenters. The Morgan fingerprint density at radius 2 is 2.17 bits per heavy atom. The lowest BCUT2D eigenvalue weighted by Gasteiger charge is -2.27. The molecule has 1 fully saturated rings. The van der Waals surface area contributed by atoms with Gasteiger partial charge >= 0.3 is 0 Å². The molecule has 0 bridgehead atoms. The summed E-state index contributed by atoms with van der Waals surface area (Å²) >= 11 is 0. The smallest absolute Gasteiger partial charge is 0.224 e. The van der Waals surface area contributed by atoms with Crippen LogP contribution < -0.4 is 10.6 Å². The standard InChI is InChI=1S/C15H30N2O/c1-4-6-7-13(5-2)10-17-15(18)14-9-8-12(3)16-11-14/h12-14,16H,4-11H2,1-3H3,(H,17,18). The Labute approximate surface area is 112 Å². The van der Waals surface area contributed by atoms with Gasteiger partial charge in [0.1, 0.15) is 0 Å². The number of unbranched alkanes of at least 4 members (excludes halogenated alkanes) is 1. The number of hydrogen-bond donors (Lipinski definition) is 2. The molecule has 0 radical (unpaired) electrons. The molecule has 0 aromatic carbocycles. The van der Waals surface area contributed by atoms with E-state index in [1.165, 1.54) is 25.7 Å². The lowest BCUT2D eigenvalue weighted by molar-refractivity contribution is -0.125. The van der Waals surface area contributed by atoms with Crippen LogP contribution in [0.3, 0.4) is 0 Å². The fourth-order valence-corrected chi connectivity index (χ4v) is 2.56. The molecular formula is C15H30N2O. The van der Waals surface area contributed by atoms with Gasteiger partial charge in [-0.25, -0.2) is 0 Å². The van der Waals surface area contributed by atoms with Crippen molar-refractivity contribution >= 4 is 5.91 Å². The van der Waals surface area contributed by atoms with E-state index < -0.39 is 0 Å². The van der Waals surface area contributed by atoms with Crippen molar-refractivity contribution in [3.05, 3.63) is 0 Å². The second-order valence-corrected chi connectivity index (χ2v) is 5.75. The first-order valence-electron chi connectivity index (χ1n) is 7.68. The molecule has 1 rings (SSSR count). The minimum Gasteiger partial charge on any atom is -0.356 e. The number of nitrogens with one attached hydrogen (secondary N) is 2. The highest BCUT2D eigenvalue weighted by atomic mass is 16.1. The summed E-state index contributed by atoms with van der Waals surface area (Å²) in [5.41, 5.74) is 0. The van der Waals surface area contributed by atoms with Crippen LogP contribution in [0.5, 0.6) is 0 Å². The molecule has 0 aromatic rings. The fourth-order valence-electron chi connectivity index (χ4n) is 2.56. The zero-order valence-electron chi connectivity index (χ0n) is 12.3. The van der Waals surface area contributed by atoms with Crippen molar-refractivity contribution in [3.8, 4) is 0 Å². The predicted molar refractivity (Wildman–Crippen MR) is 76.5 cm³/mol. The van der Waals surface area contributed by atoms with Crippen LogP contribution in [0.15, 0.2) is 0 Å². The minimum absolute atomic E-state index is 0.185. The average molecular weight is 254 g/mol. The molecule has 2 N–H and O–H groups in total. The van der Waals surface area contributed by atoms with Gasteiger partial charge in [-0.2, -0.15) is 0 Å². The summed E-state index contributed by atoms with van der Waals surface area (Å²) in [6.45, 7) is 8.34. The zero-order valence-corrected chi connectivity index (χ0v) is 12.3. The second-order valence-electron chi connectivity index (χ2n) is 5.75. The summed E-state index contributed by atoms with van der Waals surface area (Å²) in [6, 6.07) is 0.571. The van der Waals surface area contributed by atoms with E-state index in [1.54, 1.807) is 0 Å². The van der Waals surface area contributed by atoms with Crippen LogP contribution in [0.1, 0.15) is 59.3 Å². The lowest BCUT2D eigenvalue weighted by Crippen LogP contribution is -2.44. The first-order chi connectivity index (χ1) is 8.67. The van der Waals surface area contributed by atoms with Gasteiger partial charge in [-0.3, -0.25) is 4.79 Å². The molecular weight excluding hydrogens is 224 g/mol. The zero-order chi connectivity index (χ0) is 13.4. The van der Waals surface area contributed by atoms with Gasteiger partial charge < -0.3 is 10.6 Å². The van der Waals surface area contributed by atoms with E-state index in [9.17, 15) is 4.79 Å². The van der Waals surface area contributed by atoms with Crippen LogP contribution >= 0.6 is 0 Å². The molecule has 1 aliphatic rings. The third-order valence-electron chi connectivity index (χ3n) is 4.14. The molecule has 3 unspecified atom stereocenters. The summed E-state index contributed by atoms with van der Waals surface area (Å²) in [5, 5.41) is 6.54. The highest BCUT2D eigenvalue weighted by molar-refractivity contribution is 5.78. The van der Waals surface area contributed by atoms with E-state index in [1.807, 2.05) is 0 Å². The lowest BCUT2D eigenvalue weighted by atomic mass is 9.94. The van der Waals surface area contributed by atoms with E-state index in [-0.39, 0.29) is 11.8 Å². The van der Waals surface area contributed by atoms with Crippen LogP contribution in [0, 0.1) is 11.8 Å². The Kier molecular flexibility index (Phi) is 7.33. The summed E-state index contributed by atoms with van der Waals surface area (Å²) in [7, 11) is 0. The molecule has 3 heteroatoms.